The largest absolute Gasteiger partial charge is 0.114 e. The van der Waals surface area contributed by atoms with Gasteiger partial charge < -0.3 is 0 Å². The van der Waals surface area contributed by atoms with Crippen LogP contribution in [0.4, 0.5) is 0 Å². The predicted octanol–water partition coefficient (Wildman–Crippen LogP) is 5.84. The number of hydrogen-bond donors (Lipinski definition) is 0. The monoisotopic (exact) mass is 318 g/mol. The molecule has 0 unspecified atom stereocenters. The first-order chi connectivity index (χ1) is 8.20. The standard InChI is InChI=1S/C12H15PS4/c1-3-10-15-13(14,16-11-4-2)17-12-8-6-5-7-9-12/h3-9H,1-2,10-11H2. The maximum atomic E-state index is 5.82. The molecule has 5 heteroatoms. The van der Waals surface area contributed by atoms with Crippen LogP contribution in [0.15, 0.2) is 60.5 Å². The average molecular weight is 318 g/mol. The van der Waals surface area contributed by atoms with E-state index in [-0.39, 0.29) is 0 Å². The normalized spacial score (nSPS) is 11.1. The van der Waals surface area contributed by atoms with Crippen molar-refractivity contribution >= 4 is 49.6 Å². The summed E-state index contributed by atoms with van der Waals surface area (Å²) in [7, 11) is 0. The lowest BCUT2D eigenvalue weighted by Gasteiger charge is -2.18. The zero-order chi connectivity index (χ0) is 12.6. The molecule has 0 spiro atoms. The van der Waals surface area contributed by atoms with Gasteiger partial charge in [-0.1, -0.05) is 76.3 Å². The third-order valence-electron chi connectivity index (χ3n) is 1.66. The number of benzene rings is 1. The van der Waals surface area contributed by atoms with Crippen LogP contribution < -0.4 is 0 Å². The summed E-state index contributed by atoms with van der Waals surface area (Å²) in [5.74, 6) is 1.84. The van der Waals surface area contributed by atoms with Crippen LogP contribution in [0.2, 0.25) is 0 Å². The van der Waals surface area contributed by atoms with Gasteiger partial charge in [0.15, 0.2) is 0 Å². The Hall–Kier alpha value is 0.400. The molecule has 1 rings (SSSR count). The molecule has 0 heterocycles. The molecular weight excluding hydrogens is 303 g/mol. The molecule has 17 heavy (non-hydrogen) atoms. The van der Waals surface area contributed by atoms with E-state index in [1.807, 2.05) is 52.4 Å². The molecule has 0 aliphatic carbocycles. The van der Waals surface area contributed by atoms with E-state index >= 15 is 0 Å². The van der Waals surface area contributed by atoms with Crippen LogP contribution in [-0.2, 0) is 11.8 Å². The van der Waals surface area contributed by atoms with Crippen molar-refractivity contribution in [2.45, 2.75) is 4.90 Å². The van der Waals surface area contributed by atoms with E-state index < -0.39 is 3.64 Å². The molecule has 0 saturated heterocycles. The molecule has 1 aromatic carbocycles. The van der Waals surface area contributed by atoms with Crippen molar-refractivity contribution in [1.29, 1.82) is 0 Å². The summed E-state index contributed by atoms with van der Waals surface area (Å²) < 4.78 is -1.53. The topological polar surface area (TPSA) is 0 Å². The van der Waals surface area contributed by atoms with Gasteiger partial charge >= 0.3 is 0 Å². The Morgan fingerprint density at radius 2 is 1.59 bits per heavy atom. The minimum Gasteiger partial charge on any atom is -0.102 e. The molecule has 0 radical (unpaired) electrons. The molecular formula is C12H15PS4. The van der Waals surface area contributed by atoms with Gasteiger partial charge in [0.2, 0.25) is 0 Å². The summed E-state index contributed by atoms with van der Waals surface area (Å²) in [6.07, 6.45) is 3.84. The summed E-state index contributed by atoms with van der Waals surface area (Å²) in [4.78, 5) is 1.25. The molecule has 0 fully saturated rings. The van der Waals surface area contributed by atoms with Gasteiger partial charge in [-0.05, 0) is 12.1 Å². The first-order valence-electron chi connectivity index (χ1n) is 5.06. The van der Waals surface area contributed by atoms with Gasteiger partial charge in [0.25, 0.3) is 0 Å². The van der Waals surface area contributed by atoms with Gasteiger partial charge in [0, 0.05) is 16.4 Å². The van der Waals surface area contributed by atoms with Gasteiger partial charge in [-0.25, -0.2) is 0 Å². The van der Waals surface area contributed by atoms with E-state index in [0.717, 1.165) is 11.5 Å². The van der Waals surface area contributed by atoms with Crippen molar-refractivity contribution in [3.05, 3.63) is 55.6 Å². The zero-order valence-electron chi connectivity index (χ0n) is 9.45. The Bertz CT molecular complexity index is 386. The summed E-state index contributed by atoms with van der Waals surface area (Å²) in [5.41, 5.74) is 0. The van der Waals surface area contributed by atoms with E-state index in [9.17, 15) is 0 Å². The van der Waals surface area contributed by atoms with E-state index in [1.165, 1.54) is 4.90 Å². The SMILES string of the molecule is C=CCSP(=S)(SCC=C)Sc1ccccc1. The number of hydrogen-bond acceptors (Lipinski definition) is 4. The van der Waals surface area contributed by atoms with Crippen LogP contribution in [0.1, 0.15) is 0 Å². The first-order valence-corrected chi connectivity index (χ1v) is 12.5. The van der Waals surface area contributed by atoms with Gasteiger partial charge in [-0.15, -0.1) is 13.2 Å². The fourth-order valence-corrected chi connectivity index (χ4v) is 12.9. The molecule has 0 bridgehead atoms. The van der Waals surface area contributed by atoms with Gasteiger partial charge in [-0.2, -0.15) is 0 Å². The van der Waals surface area contributed by atoms with Crippen molar-refractivity contribution in [2.75, 3.05) is 11.5 Å². The van der Waals surface area contributed by atoms with Crippen LogP contribution in [0.5, 0.6) is 0 Å². The molecule has 0 amide bonds. The van der Waals surface area contributed by atoms with E-state index in [0.29, 0.717) is 0 Å². The molecule has 0 saturated carbocycles. The Morgan fingerprint density at radius 1 is 1.06 bits per heavy atom. The van der Waals surface area contributed by atoms with E-state index in [2.05, 4.69) is 37.4 Å². The summed E-state index contributed by atoms with van der Waals surface area (Å²) in [6.45, 7) is 7.53. The lowest BCUT2D eigenvalue weighted by atomic mass is 10.4. The molecule has 0 atom stereocenters. The molecule has 92 valence electrons. The Morgan fingerprint density at radius 3 is 2.06 bits per heavy atom. The van der Waals surface area contributed by atoms with E-state index in [4.69, 9.17) is 11.8 Å². The second-order valence-electron chi connectivity index (χ2n) is 3.02. The second kappa shape index (κ2) is 8.49. The van der Waals surface area contributed by atoms with Crippen LogP contribution in [-0.4, -0.2) is 11.5 Å². The maximum Gasteiger partial charge on any atom is 0.114 e. The smallest absolute Gasteiger partial charge is 0.102 e. The fourth-order valence-electron chi connectivity index (χ4n) is 0.988. The van der Waals surface area contributed by atoms with Crippen molar-refractivity contribution in [3.8, 4) is 0 Å². The van der Waals surface area contributed by atoms with Crippen LogP contribution in [0.25, 0.3) is 0 Å². The third kappa shape index (κ3) is 6.21. The third-order valence-corrected chi connectivity index (χ3v) is 15.6. The highest BCUT2D eigenvalue weighted by Gasteiger charge is 2.18. The molecule has 0 N–H and O–H groups in total. The van der Waals surface area contributed by atoms with Crippen LogP contribution >= 0.6 is 37.8 Å². The van der Waals surface area contributed by atoms with Gasteiger partial charge in [0.05, 0.1) is 0 Å². The van der Waals surface area contributed by atoms with Gasteiger partial charge in [-0.3, -0.25) is 0 Å². The molecule has 0 aliphatic heterocycles. The highest BCUT2D eigenvalue weighted by molar-refractivity contribution is 9.23. The lowest BCUT2D eigenvalue weighted by Crippen LogP contribution is -1.74. The molecule has 0 aliphatic rings. The Labute approximate surface area is 121 Å². The quantitative estimate of drug-likeness (QED) is 0.436. The minimum atomic E-state index is -1.53. The number of rotatable bonds is 8. The van der Waals surface area contributed by atoms with Crippen LogP contribution in [0, 0.1) is 0 Å². The zero-order valence-corrected chi connectivity index (χ0v) is 13.6. The van der Waals surface area contributed by atoms with Gasteiger partial charge in [0.1, 0.15) is 3.64 Å². The molecule has 0 nitrogen and oxygen atoms in total. The highest BCUT2D eigenvalue weighted by atomic mass is 33.5. The van der Waals surface area contributed by atoms with Crippen molar-refractivity contribution in [2.24, 2.45) is 0 Å². The summed E-state index contributed by atoms with van der Waals surface area (Å²) in [5, 5.41) is 0. The molecule has 0 aromatic heterocycles. The average Bonchev–Trinajstić information content (AvgIpc) is 2.35. The van der Waals surface area contributed by atoms with Crippen LogP contribution in [0.3, 0.4) is 0 Å². The first kappa shape index (κ1) is 15.5. The summed E-state index contributed by atoms with van der Waals surface area (Å²) in [6, 6.07) is 10.4. The highest BCUT2D eigenvalue weighted by Crippen LogP contribution is 2.79. The molecule has 1 aromatic rings. The maximum absolute atomic E-state index is 5.82. The predicted molar refractivity (Wildman–Crippen MR) is 91.9 cm³/mol. The second-order valence-corrected chi connectivity index (χ2v) is 18.6. The minimum absolute atomic E-state index is 0.918. The van der Waals surface area contributed by atoms with Crippen molar-refractivity contribution < 1.29 is 0 Å². The summed E-state index contributed by atoms with van der Waals surface area (Å²) >= 11 is 11.3. The Kier molecular flexibility index (Phi) is 7.72. The van der Waals surface area contributed by atoms with Crippen molar-refractivity contribution in [3.63, 3.8) is 0 Å². The fraction of sp³-hybridized carbons (Fsp3) is 0.167. The van der Waals surface area contributed by atoms with Crippen molar-refractivity contribution in [1.82, 2.24) is 0 Å². The Balaban J connectivity index is 2.72. The lowest BCUT2D eigenvalue weighted by molar-refractivity contribution is 1.48. The van der Waals surface area contributed by atoms with E-state index in [1.54, 1.807) is 0 Å².